The molecule has 0 radical (unpaired) electrons. The van der Waals surface area contributed by atoms with E-state index in [-0.39, 0.29) is 35.5 Å². The average molecular weight is 247 g/mol. The van der Waals surface area contributed by atoms with Crippen molar-refractivity contribution in [1.29, 1.82) is 0 Å². The summed E-state index contributed by atoms with van der Waals surface area (Å²) in [5, 5.41) is 8.79. The zero-order valence-electron chi connectivity index (χ0n) is 9.65. The lowest BCUT2D eigenvalue weighted by atomic mass is 9.63. The van der Waals surface area contributed by atoms with Crippen LogP contribution in [0.15, 0.2) is 12.2 Å². The van der Waals surface area contributed by atoms with Crippen LogP contribution in [0.4, 0.5) is 0 Å². The van der Waals surface area contributed by atoms with E-state index in [2.05, 4.69) is 12.2 Å². The minimum absolute atomic E-state index is 0.167. The number of amides is 2. The molecule has 1 saturated heterocycles. The first kappa shape index (κ1) is 10.3. The van der Waals surface area contributed by atoms with Crippen molar-refractivity contribution in [2.24, 2.45) is 35.5 Å². The smallest absolute Gasteiger partial charge is 0.323 e. The van der Waals surface area contributed by atoms with Crippen LogP contribution in [-0.2, 0) is 14.4 Å². The lowest BCUT2D eigenvalue weighted by Gasteiger charge is -2.37. The zero-order chi connectivity index (χ0) is 12.6. The highest BCUT2D eigenvalue weighted by atomic mass is 16.4. The van der Waals surface area contributed by atoms with Gasteiger partial charge in [-0.25, -0.2) is 0 Å². The van der Waals surface area contributed by atoms with Gasteiger partial charge in [0.25, 0.3) is 0 Å². The number of hydrogen-bond donors (Lipinski definition) is 1. The van der Waals surface area contributed by atoms with Gasteiger partial charge in [0.1, 0.15) is 6.54 Å². The molecule has 18 heavy (non-hydrogen) atoms. The van der Waals surface area contributed by atoms with Gasteiger partial charge in [-0.05, 0) is 30.1 Å². The molecule has 1 aliphatic heterocycles. The van der Waals surface area contributed by atoms with Crippen molar-refractivity contribution in [3.8, 4) is 0 Å². The van der Waals surface area contributed by atoms with Crippen molar-refractivity contribution in [3.63, 3.8) is 0 Å². The Hall–Kier alpha value is -1.65. The monoisotopic (exact) mass is 247 g/mol. The van der Waals surface area contributed by atoms with E-state index in [1.165, 1.54) is 0 Å². The van der Waals surface area contributed by atoms with E-state index >= 15 is 0 Å². The van der Waals surface area contributed by atoms with Gasteiger partial charge in [0.2, 0.25) is 11.8 Å². The van der Waals surface area contributed by atoms with Crippen LogP contribution < -0.4 is 0 Å². The lowest BCUT2D eigenvalue weighted by molar-refractivity contribution is -0.149. The fraction of sp³-hybridized carbons (Fsp3) is 0.615. The van der Waals surface area contributed by atoms with Crippen LogP contribution >= 0.6 is 0 Å². The van der Waals surface area contributed by atoms with Crippen LogP contribution in [-0.4, -0.2) is 34.3 Å². The predicted octanol–water partition coefficient (Wildman–Crippen LogP) is 0.124. The normalized spacial score (nSPS) is 47.2. The number of imide groups is 1. The summed E-state index contributed by atoms with van der Waals surface area (Å²) in [6.45, 7) is -0.487. The summed E-state index contributed by atoms with van der Waals surface area (Å²) in [6, 6.07) is 0. The second-order valence-corrected chi connectivity index (χ2v) is 5.81. The molecule has 4 aliphatic carbocycles. The van der Waals surface area contributed by atoms with Crippen molar-refractivity contribution < 1.29 is 19.5 Å². The van der Waals surface area contributed by atoms with Gasteiger partial charge in [-0.1, -0.05) is 12.2 Å². The van der Waals surface area contributed by atoms with Crippen molar-refractivity contribution in [3.05, 3.63) is 12.2 Å². The molecular formula is C13H13NO4. The number of likely N-dealkylation sites (tertiary alicyclic amines) is 1. The SMILES string of the molecule is O=C(O)CN1C(=O)[C@@H]2[C@@H]3C=C[C@H]([C@@H]4C[C@H]34)[C@H]2C1=O. The fourth-order valence-corrected chi connectivity index (χ4v) is 4.31. The first-order valence-corrected chi connectivity index (χ1v) is 6.35. The summed E-state index contributed by atoms with van der Waals surface area (Å²) in [5.74, 6) is -0.771. The average Bonchev–Trinajstić information content (AvgIpc) is 3.11. The van der Waals surface area contributed by atoms with E-state index in [0.717, 1.165) is 11.3 Å². The number of carbonyl (C=O) groups excluding carboxylic acids is 2. The Balaban J connectivity index is 1.72. The van der Waals surface area contributed by atoms with Crippen LogP contribution in [0.25, 0.3) is 0 Å². The van der Waals surface area contributed by atoms with Gasteiger partial charge >= 0.3 is 5.97 Å². The minimum atomic E-state index is -1.12. The molecule has 2 amide bonds. The molecule has 2 bridgehead atoms. The summed E-state index contributed by atoms with van der Waals surface area (Å²) < 4.78 is 0. The zero-order valence-corrected chi connectivity index (χ0v) is 9.65. The fourth-order valence-electron chi connectivity index (χ4n) is 4.31. The number of rotatable bonds is 2. The Morgan fingerprint density at radius 1 is 1.17 bits per heavy atom. The largest absolute Gasteiger partial charge is 0.480 e. The van der Waals surface area contributed by atoms with Crippen LogP contribution in [0.1, 0.15) is 6.42 Å². The molecule has 5 aliphatic rings. The van der Waals surface area contributed by atoms with Crippen molar-refractivity contribution in [1.82, 2.24) is 4.90 Å². The van der Waals surface area contributed by atoms with Gasteiger partial charge in [0, 0.05) is 0 Å². The van der Waals surface area contributed by atoms with Gasteiger partial charge in [0.05, 0.1) is 11.8 Å². The van der Waals surface area contributed by atoms with Crippen LogP contribution in [0.5, 0.6) is 0 Å². The first-order chi connectivity index (χ1) is 8.59. The number of carboxylic acids is 1. The standard InChI is InChI=1S/C13H13NO4/c15-9(16)4-14-12(17)10-5-1-2-6(8-3-7(5)8)11(10)13(14)18/h1-2,5-8,10-11H,3-4H2,(H,15,16)/t5-,6-,7-,8+,10-,11-/m1/s1. The Bertz CT molecular complexity index is 475. The topological polar surface area (TPSA) is 74.7 Å². The molecular weight excluding hydrogens is 234 g/mol. The molecule has 6 atom stereocenters. The molecule has 2 saturated carbocycles. The van der Waals surface area contributed by atoms with Gasteiger partial charge in [0.15, 0.2) is 0 Å². The highest BCUT2D eigenvalue weighted by Gasteiger charge is 2.67. The van der Waals surface area contributed by atoms with E-state index in [1.807, 2.05) is 0 Å². The van der Waals surface area contributed by atoms with Crippen molar-refractivity contribution >= 4 is 17.8 Å². The molecule has 94 valence electrons. The second kappa shape index (κ2) is 3.02. The minimum Gasteiger partial charge on any atom is -0.480 e. The summed E-state index contributed by atoms with van der Waals surface area (Å²) in [4.78, 5) is 36.2. The highest BCUT2D eigenvalue weighted by Crippen LogP contribution is 2.65. The number of nitrogens with zero attached hydrogens (tertiary/aromatic N) is 1. The maximum absolute atomic E-state index is 12.2. The molecule has 1 heterocycles. The summed E-state index contributed by atoms with van der Waals surface area (Å²) in [5.41, 5.74) is 0. The summed E-state index contributed by atoms with van der Waals surface area (Å²) in [6.07, 6.45) is 5.28. The first-order valence-electron chi connectivity index (χ1n) is 6.35. The maximum Gasteiger partial charge on any atom is 0.323 e. The maximum atomic E-state index is 12.2. The lowest BCUT2D eigenvalue weighted by Crippen LogP contribution is -2.40. The third-order valence-corrected chi connectivity index (χ3v) is 5.05. The van der Waals surface area contributed by atoms with E-state index in [9.17, 15) is 14.4 Å². The van der Waals surface area contributed by atoms with E-state index in [0.29, 0.717) is 11.8 Å². The molecule has 1 N–H and O–H groups in total. The molecule has 0 unspecified atom stereocenters. The Labute approximate surface area is 103 Å². The van der Waals surface area contributed by atoms with E-state index < -0.39 is 12.5 Å². The Morgan fingerprint density at radius 2 is 1.67 bits per heavy atom. The number of carbonyl (C=O) groups is 3. The molecule has 5 nitrogen and oxygen atoms in total. The van der Waals surface area contributed by atoms with E-state index in [4.69, 9.17) is 5.11 Å². The molecule has 3 fully saturated rings. The molecule has 5 heteroatoms. The van der Waals surface area contributed by atoms with Gasteiger partial charge < -0.3 is 5.11 Å². The van der Waals surface area contributed by atoms with Crippen LogP contribution in [0.3, 0.4) is 0 Å². The molecule has 0 aromatic carbocycles. The summed E-state index contributed by atoms with van der Waals surface area (Å²) >= 11 is 0. The van der Waals surface area contributed by atoms with Crippen LogP contribution in [0.2, 0.25) is 0 Å². The van der Waals surface area contributed by atoms with Crippen molar-refractivity contribution in [2.45, 2.75) is 6.42 Å². The number of allylic oxidation sites excluding steroid dienone is 2. The predicted molar refractivity (Wildman–Crippen MR) is 59.1 cm³/mol. The van der Waals surface area contributed by atoms with Crippen molar-refractivity contribution in [2.75, 3.05) is 6.54 Å². The highest BCUT2D eigenvalue weighted by molar-refractivity contribution is 6.07. The number of carboxylic acid groups (broad SMARTS) is 1. The molecule has 0 spiro atoms. The third kappa shape index (κ3) is 1.05. The van der Waals surface area contributed by atoms with Crippen LogP contribution in [0, 0.1) is 35.5 Å². The van der Waals surface area contributed by atoms with Gasteiger partial charge in [-0.3, -0.25) is 19.3 Å². The van der Waals surface area contributed by atoms with Gasteiger partial charge in [-0.2, -0.15) is 0 Å². The molecule has 0 aromatic heterocycles. The quantitative estimate of drug-likeness (QED) is 0.555. The number of hydrogen-bond acceptors (Lipinski definition) is 3. The second-order valence-electron chi connectivity index (χ2n) is 5.81. The van der Waals surface area contributed by atoms with Gasteiger partial charge in [-0.15, -0.1) is 0 Å². The Kier molecular flexibility index (Phi) is 1.73. The molecule has 5 rings (SSSR count). The molecule has 0 aromatic rings. The number of aliphatic carboxylic acids is 1. The Morgan fingerprint density at radius 3 is 2.11 bits per heavy atom. The summed E-state index contributed by atoms with van der Waals surface area (Å²) in [7, 11) is 0. The third-order valence-electron chi connectivity index (χ3n) is 5.05. The van der Waals surface area contributed by atoms with E-state index in [1.54, 1.807) is 0 Å².